The van der Waals surface area contributed by atoms with Gasteiger partial charge in [0.1, 0.15) is 0 Å². The van der Waals surface area contributed by atoms with Crippen LogP contribution in [0.5, 0.6) is 0 Å². The number of halogens is 1. The van der Waals surface area contributed by atoms with E-state index in [4.69, 9.17) is 0 Å². The predicted octanol–water partition coefficient (Wildman–Crippen LogP) is 2.34. The number of imide groups is 1. The molecule has 86 valence electrons. The Balaban J connectivity index is 2.36. The third-order valence-electron chi connectivity index (χ3n) is 2.86. The summed E-state index contributed by atoms with van der Waals surface area (Å²) in [6, 6.07) is 0. The molecule has 0 aromatic rings. The number of nitrogens with zero attached hydrogens (tertiary/aromatic N) is 1. The van der Waals surface area contributed by atoms with Crippen molar-refractivity contribution in [1.29, 1.82) is 0 Å². The summed E-state index contributed by atoms with van der Waals surface area (Å²) in [5.41, 5.74) is 0. The van der Waals surface area contributed by atoms with E-state index in [-0.39, 0.29) is 11.8 Å². The molecular weight excluding hydrogens is 258 g/mol. The Morgan fingerprint density at radius 2 is 2.27 bits per heavy atom. The molecular formula is C11H18BrNO2. The fourth-order valence-electron chi connectivity index (χ4n) is 1.80. The van der Waals surface area contributed by atoms with Crippen molar-refractivity contribution in [2.45, 2.75) is 39.0 Å². The molecule has 0 aromatic carbocycles. The van der Waals surface area contributed by atoms with Gasteiger partial charge >= 0.3 is 0 Å². The van der Waals surface area contributed by atoms with Crippen molar-refractivity contribution in [3.63, 3.8) is 0 Å². The zero-order valence-corrected chi connectivity index (χ0v) is 10.8. The predicted molar refractivity (Wildman–Crippen MR) is 62.8 cm³/mol. The van der Waals surface area contributed by atoms with Gasteiger partial charge in [-0.25, -0.2) is 0 Å². The van der Waals surface area contributed by atoms with Crippen LogP contribution < -0.4 is 0 Å². The van der Waals surface area contributed by atoms with Gasteiger partial charge in [0.15, 0.2) is 0 Å². The van der Waals surface area contributed by atoms with E-state index in [1.54, 1.807) is 0 Å². The van der Waals surface area contributed by atoms with Crippen LogP contribution in [0.25, 0.3) is 0 Å². The zero-order chi connectivity index (χ0) is 11.3. The number of rotatable bonds is 5. The Morgan fingerprint density at radius 3 is 2.80 bits per heavy atom. The molecule has 0 saturated carbocycles. The average Bonchev–Trinajstić information content (AvgIpc) is 2.60. The number of amides is 2. The molecule has 1 aliphatic heterocycles. The molecule has 0 spiro atoms. The van der Waals surface area contributed by atoms with Crippen molar-refractivity contribution < 1.29 is 9.59 Å². The molecule has 1 rings (SSSR count). The fourth-order valence-corrected chi connectivity index (χ4v) is 2.20. The number of unbranched alkanes of at least 4 members (excludes halogenated alkanes) is 1. The number of alkyl halides is 1. The molecule has 1 fully saturated rings. The van der Waals surface area contributed by atoms with Gasteiger partial charge in [0, 0.05) is 24.7 Å². The monoisotopic (exact) mass is 275 g/mol. The third-order valence-corrected chi connectivity index (χ3v) is 3.42. The second-order valence-electron chi connectivity index (χ2n) is 4.02. The topological polar surface area (TPSA) is 37.4 Å². The maximum absolute atomic E-state index is 11.7. The van der Waals surface area contributed by atoms with Crippen LogP contribution in [0.3, 0.4) is 0 Å². The molecule has 1 saturated heterocycles. The molecule has 2 amide bonds. The lowest BCUT2D eigenvalue weighted by atomic mass is 10.1. The van der Waals surface area contributed by atoms with Gasteiger partial charge < -0.3 is 0 Å². The summed E-state index contributed by atoms with van der Waals surface area (Å²) in [6.45, 7) is 2.71. The minimum Gasteiger partial charge on any atom is -0.282 e. The Bertz CT molecular complexity index is 243. The first-order valence-electron chi connectivity index (χ1n) is 5.58. The highest BCUT2D eigenvalue weighted by Gasteiger charge is 2.32. The molecule has 0 aliphatic carbocycles. The molecule has 1 aliphatic rings. The van der Waals surface area contributed by atoms with Crippen molar-refractivity contribution >= 4 is 27.7 Å². The first-order chi connectivity index (χ1) is 7.19. The van der Waals surface area contributed by atoms with E-state index in [1.165, 1.54) is 4.90 Å². The summed E-state index contributed by atoms with van der Waals surface area (Å²) in [6.07, 6.45) is 3.90. The number of carbonyl (C=O) groups is 2. The molecule has 1 heterocycles. The highest BCUT2D eigenvalue weighted by Crippen LogP contribution is 2.21. The van der Waals surface area contributed by atoms with Crippen LogP contribution in [-0.4, -0.2) is 28.6 Å². The van der Waals surface area contributed by atoms with Gasteiger partial charge in [0.2, 0.25) is 11.8 Å². The Hall–Kier alpha value is -0.380. The summed E-state index contributed by atoms with van der Waals surface area (Å²) in [5.74, 6) is 0.417. The molecule has 4 heteroatoms. The van der Waals surface area contributed by atoms with Gasteiger partial charge in [-0.05, 0) is 18.8 Å². The van der Waals surface area contributed by atoms with Gasteiger partial charge in [-0.15, -0.1) is 0 Å². The summed E-state index contributed by atoms with van der Waals surface area (Å²) in [5, 5.41) is 0.922. The molecule has 15 heavy (non-hydrogen) atoms. The molecule has 1 atom stereocenters. The van der Waals surface area contributed by atoms with E-state index in [2.05, 4.69) is 22.9 Å². The normalized spacial score (nSPS) is 21.1. The van der Waals surface area contributed by atoms with Gasteiger partial charge in [0.05, 0.1) is 0 Å². The van der Waals surface area contributed by atoms with Gasteiger partial charge in [-0.3, -0.25) is 14.5 Å². The first kappa shape index (κ1) is 12.7. The van der Waals surface area contributed by atoms with Crippen molar-refractivity contribution in [1.82, 2.24) is 4.90 Å². The van der Waals surface area contributed by atoms with Crippen LogP contribution in [0.4, 0.5) is 0 Å². The lowest BCUT2D eigenvalue weighted by molar-refractivity contribution is -0.141. The summed E-state index contributed by atoms with van der Waals surface area (Å²) < 4.78 is 0. The number of hydrogen-bond donors (Lipinski definition) is 0. The van der Waals surface area contributed by atoms with Crippen molar-refractivity contribution in [3.05, 3.63) is 0 Å². The van der Waals surface area contributed by atoms with E-state index in [0.29, 0.717) is 25.3 Å². The molecule has 0 bridgehead atoms. The quantitative estimate of drug-likeness (QED) is 0.571. The summed E-state index contributed by atoms with van der Waals surface area (Å²) in [4.78, 5) is 24.6. The van der Waals surface area contributed by atoms with Gasteiger partial charge in [-0.2, -0.15) is 0 Å². The van der Waals surface area contributed by atoms with Crippen LogP contribution in [0, 0.1) is 5.92 Å². The van der Waals surface area contributed by atoms with Gasteiger partial charge in [-0.1, -0.05) is 29.3 Å². The lowest BCUT2D eigenvalue weighted by Gasteiger charge is -2.13. The maximum atomic E-state index is 11.7. The number of carbonyl (C=O) groups excluding carboxylic acids is 2. The average molecular weight is 276 g/mol. The highest BCUT2D eigenvalue weighted by atomic mass is 79.9. The standard InChI is InChI=1S/C11H18BrNO2/c1-2-9-7-11(15)13(8-9)10(14)5-3-4-6-12/h9H,2-8H2,1H3. The fraction of sp³-hybridized carbons (Fsp3) is 0.818. The van der Waals surface area contributed by atoms with Crippen molar-refractivity contribution in [3.8, 4) is 0 Å². The van der Waals surface area contributed by atoms with Crippen LogP contribution in [0.15, 0.2) is 0 Å². The van der Waals surface area contributed by atoms with Crippen LogP contribution in [-0.2, 0) is 9.59 Å². The first-order valence-corrected chi connectivity index (χ1v) is 6.70. The Morgan fingerprint density at radius 1 is 1.53 bits per heavy atom. The second-order valence-corrected chi connectivity index (χ2v) is 4.82. The SMILES string of the molecule is CCC1CC(=O)N(C(=O)CCCCBr)C1. The van der Waals surface area contributed by atoms with Crippen molar-refractivity contribution in [2.24, 2.45) is 5.92 Å². The van der Waals surface area contributed by atoms with E-state index >= 15 is 0 Å². The molecule has 0 radical (unpaired) electrons. The van der Waals surface area contributed by atoms with Crippen molar-refractivity contribution in [2.75, 3.05) is 11.9 Å². The van der Waals surface area contributed by atoms with Crippen LogP contribution in [0.1, 0.15) is 39.0 Å². The summed E-state index contributed by atoms with van der Waals surface area (Å²) in [7, 11) is 0. The van der Waals surface area contributed by atoms with Gasteiger partial charge in [0.25, 0.3) is 0 Å². The second kappa shape index (κ2) is 6.26. The minimum atomic E-state index is 0.0110. The van der Waals surface area contributed by atoms with E-state index in [0.717, 1.165) is 24.6 Å². The smallest absolute Gasteiger partial charge is 0.229 e. The van der Waals surface area contributed by atoms with E-state index in [1.807, 2.05) is 0 Å². The lowest BCUT2D eigenvalue weighted by Crippen LogP contribution is -2.32. The highest BCUT2D eigenvalue weighted by molar-refractivity contribution is 9.09. The molecule has 1 unspecified atom stereocenters. The van der Waals surface area contributed by atoms with Crippen LogP contribution in [0.2, 0.25) is 0 Å². The largest absolute Gasteiger partial charge is 0.282 e. The Kier molecular flexibility index (Phi) is 5.29. The third kappa shape index (κ3) is 3.59. The van der Waals surface area contributed by atoms with E-state index in [9.17, 15) is 9.59 Å². The summed E-state index contributed by atoms with van der Waals surface area (Å²) >= 11 is 3.32. The molecule has 0 aromatic heterocycles. The maximum Gasteiger partial charge on any atom is 0.229 e. The Labute approximate surface area is 99.3 Å². The van der Waals surface area contributed by atoms with E-state index < -0.39 is 0 Å². The molecule has 0 N–H and O–H groups in total. The minimum absolute atomic E-state index is 0.0110. The molecule has 3 nitrogen and oxygen atoms in total. The number of likely N-dealkylation sites (tertiary alicyclic amines) is 1. The van der Waals surface area contributed by atoms with Crippen LogP contribution >= 0.6 is 15.9 Å². The number of hydrogen-bond acceptors (Lipinski definition) is 2. The zero-order valence-electron chi connectivity index (χ0n) is 9.17.